The van der Waals surface area contributed by atoms with E-state index in [1.54, 1.807) is 6.07 Å². The maximum Gasteiger partial charge on any atom is 0.319 e. The van der Waals surface area contributed by atoms with Crippen molar-refractivity contribution in [1.82, 2.24) is 4.98 Å². The fraction of sp³-hybridized carbons (Fsp3) is 0.267. The maximum absolute atomic E-state index is 12.9. The number of carbonyl (C=O) groups excluding carboxylic acids is 1. The lowest BCUT2D eigenvalue weighted by Crippen LogP contribution is -2.49. The van der Waals surface area contributed by atoms with E-state index in [2.05, 4.69) is 36.8 Å². The Bertz CT molecular complexity index is 985. The van der Waals surface area contributed by atoms with Crippen LogP contribution in [0, 0.1) is 5.41 Å². The molecule has 4 rings (SSSR count). The smallest absolute Gasteiger partial charge is 0.319 e. The predicted molar refractivity (Wildman–Crippen MR) is 99.7 cm³/mol. The minimum atomic E-state index is -1.25. The van der Waals surface area contributed by atoms with Crippen LogP contribution in [-0.4, -0.2) is 27.8 Å². The molecule has 0 amide bonds. The molecule has 2 N–H and O–H groups in total. The van der Waals surface area contributed by atoms with E-state index in [4.69, 9.17) is 4.74 Å². The summed E-state index contributed by atoms with van der Waals surface area (Å²) in [7, 11) is 0. The zero-order valence-electron chi connectivity index (χ0n) is 12.3. The number of carboxylic acids is 1. The van der Waals surface area contributed by atoms with Gasteiger partial charge < -0.3 is 14.8 Å². The van der Waals surface area contributed by atoms with E-state index in [-0.39, 0.29) is 17.0 Å². The highest BCUT2D eigenvalue weighted by Crippen LogP contribution is 2.59. The molecular weight excluding hydrogens is 498 g/mol. The van der Waals surface area contributed by atoms with Gasteiger partial charge in [0.1, 0.15) is 11.2 Å². The second kappa shape index (κ2) is 5.97. The van der Waals surface area contributed by atoms with E-state index in [1.807, 2.05) is 6.07 Å². The zero-order chi connectivity index (χ0) is 17.9. The van der Waals surface area contributed by atoms with Gasteiger partial charge in [-0.3, -0.25) is 14.4 Å². The van der Waals surface area contributed by atoms with Gasteiger partial charge in [0.05, 0.1) is 15.9 Å². The third kappa shape index (κ3) is 2.61. The van der Waals surface area contributed by atoms with Crippen molar-refractivity contribution in [2.75, 3.05) is 5.75 Å². The second-order valence-electron chi connectivity index (χ2n) is 5.85. The number of H-pyrrole nitrogens is 1. The molecule has 2 aliphatic heterocycles. The summed E-state index contributed by atoms with van der Waals surface area (Å²) in [6.07, 6.45) is -0.362. The maximum atomic E-state index is 12.9. The molecule has 0 saturated heterocycles. The number of nitrogens with one attached hydrogen (secondary N) is 1. The topological polar surface area (TPSA) is 96.5 Å². The molecule has 130 valence electrons. The molecule has 0 radical (unpaired) electrons. The summed E-state index contributed by atoms with van der Waals surface area (Å²) in [6, 6.07) is 3.58. The molecular formula is C15H9Br2NO5S2. The monoisotopic (exact) mass is 505 g/mol. The molecule has 3 heterocycles. The highest BCUT2D eigenvalue weighted by atomic mass is 79.9. The van der Waals surface area contributed by atoms with Gasteiger partial charge in [0.2, 0.25) is 0 Å². The Morgan fingerprint density at radius 2 is 2.16 bits per heavy atom. The molecule has 6 nitrogen and oxygen atoms in total. The van der Waals surface area contributed by atoms with Gasteiger partial charge in [0, 0.05) is 26.6 Å². The second-order valence-corrected chi connectivity index (χ2v) is 9.62. The first-order valence-corrected chi connectivity index (χ1v) is 10.5. The molecule has 2 aromatic rings. The lowest BCUT2D eigenvalue weighted by Gasteiger charge is -2.44. The van der Waals surface area contributed by atoms with Crippen LogP contribution >= 0.6 is 55.0 Å². The van der Waals surface area contributed by atoms with Crippen LogP contribution in [0.1, 0.15) is 22.8 Å². The number of fused-ring (bicyclic) bond motifs is 5. The molecule has 1 aromatic heterocycles. The van der Waals surface area contributed by atoms with Crippen molar-refractivity contribution in [3.05, 3.63) is 41.2 Å². The lowest BCUT2D eigenvalue weighted by molar-refractivity contribution is -0.154. The average molecular weight is 507 g/mol. The fourth-order valence-electron chi connectivity index (χ4n) is 3.37. The first kappa shape index (κ1) is 17.3. The Balaban J connectivity index is 2.04. The van der Waals surface area contributed by atoms with Gasteiger partial charge in [-0.25, -0.2) is 0 Å². The Labute approximate surface area is 166 Å². The number of aromatic amines is 1. The molecule has 10 heteroatoms. The number of thiazole rings is 1. The first-order chi connectivity index (χ1) is 11.8. The molecule has 0 bridgehead atoms. The third-order valence-electron chi connectivity index (χ3n) is 4.35. The summed E-state index contributed by atoms with van der Waals surface area (Å²) in [6.45, 7) is 0. The fourth-order valence-corrected chi connectivity index (χ4v) is 7.25. The van der Waals surface area contributed by atoms with E-state index in [0.29, 0.717) is 25.7 Å². The molecule has 0 spiro atoms. The normalized spacial score (nSPS) is 24.1. The van der Waals surface area contributed by atoms with E-state index >= 15 is 0 Å². The van der Waals surface area contributed by atoms with Crippen LogP contribution in [0.4, 0.5) is 0 Å². The lowest BCUT2D eigenvalue weighted by atomic mass is 9.68. The van der Waals surface area contributed by atoms with E-state index in [1.165, 1.54) is 11.8 Å². The van der Waals surface area contributed by atoms with E-state index < -0.39 is 23.3 Å². The van der Waals surface area contributed by atoms with Gasteiger partial charge in [-0.1, -0.05) is 27.3 Å². The molecule has 0 aliphatic carbocycles. The molecule has 2 unspecified atom stereocenters. The highest BCUT2D eigenvalue weighted by Gasteiger charge is 2.57. The number of benzene rings is 1. The largest absolute Gasteiger partial charge is 0.481 e. The molecule has 25 heavy (non-hydrogen) atoms. The SMILES string of the molecule is O=C(O)CC12CSc3[nH]c(=O)sc3C1c1cc(Br)cc(Br)c1OC2=O. The van der Waals surface area contributed by atoms with Crippen LogP contribution in [0.15, 0.2) is 30.9 Å². The van der Waals surface area contributed by atoms with Crippen molar-refractivity contribution >= 4 is 66.9 Å². The first-order valence-electron chi connectivity index (χ1n) is 7.10. The van der Waals surface area contributed by atoms with Crippen LogP contribution < -0.4 is 9.61 Å². The van der Waals surface area contributed by atoms with Crippen molar-refractivity contribution in [1.29, 1.82) is 0 Å². The van der Waals surface area contributed by atoms with Gasteiger partial charge in [0.25, 0.3) is 0 Å². The quantitative estimate of drug-likeness (QED) is 0.477. The van der Waals surface area contributed by atoms with Crippen LogP contribution in [-0.2, 0) is 9.59 Å². The van der Waals surface area contributed by atoms with Gasteiger partial charge in [0.15, 0.2) is 0 Å². The van der Waals surface area contributed by atoms with Gasteiger partial charge in [-0.05, 0) is 28.1 Å². The number of thioether (sulfide) groups is 1. The van der Waals surface area contributed by atoms with Crippen LogP contribution in [0.25, 0.3) is 0 Å². The number of carboxylic acid groups (broad SMARTS) is 1. The van der Waals surface area contributed by atoms with Crippen molar-refractivity contribution < 1.29 is 19.4 Å². The Morgan fingerprint density at radius 1 is 1.40 bits per heavy atom. The zero-order valence-corrected chi connectivity index (χ0v) is 17.1. The Kier molecular flexibility index (Phi) is 4.13. The van der Waals surface area contributed by atoms with E-state index in [9.17, 15) is 19.5 Å². The minimum absolute atomic E-state index is 0.224. The average Bonchev–Trinajstić information content (AvgIpc) is 2.88. The van der Waals surface area contributed by atoms with Crippen LogP contribution in [0.2, 0.25) is 0 Å². The van der Waals surface area contributed by atoms with Gasteiger partial charge in [-0.15, -0.1) is 11.8 Å². The summed E-state index contributed by atoms with van der Waals surface area (Å²) in [5, 5.41) is 10.1. The number of halogens is 2. The summed E-state index contributed by atoms with van der Waals surface area (Å²) in [4.78, 5) is 39.5. The van der Waals surface area contributed by atoms with Crippen LogP contribution in [0.3, 0.4) is 0 Å². The molecule has 2 atom stereocenters. The molecule has 0 saturated carbocycles. The summed E-state index contributed by atoms with van der Waals surface area (Å²) >= 11 is 9.13. The predicted octanol–water partition coefficient (Wildman–Crippen LogP) is 3.58. The molecule has 0 fully saturated rings. The number of hydrogen-bond donors (Lipinski definition) is 2. The summed E-state index contributed by atoms with van der Waals surface area (Å²) in [5.74, 6) is -1.60. The number of ether oxygens (including phenoxy) is 1. The van der Waals surface area contributed by atoms with Gasteiger partial charge >= 0.3 is 16.8 Å². The highest BCUT2D eigenvalue weighted by molar-refractivity contribution is 9.11. The standard InChI is InChI=1S/C15H9Br2NO5S2/c16-5-1-6-9-11-12(18-14(22)25-11)24-4-15(9,3-8(19)20)13(21)23-10(6)7(17)2-5/h1-2,9H,3-4H2,(H,18,22)(H,19,20). The summed E-state index contributed by atoms with van der Waals surface area (Å²) in [5.41, 5.74) is -0.555. The van der Waals surface area contributed by atoms with E-state index in [0.717, 1.165) is 15.8 Å². The summed E-state index contributed by atoms with van der Waals surface area (Å²) < 4.78 is 6.91. The minimum Gasteiger partial charge on any atom is -0.481 e. The Morgan fingerprint density at radius 3 is 2.88 bits per heavy atom. The number of carbonyl (C=O) groups is 2. The van der Waals surface area contributed by atoms with Crippen LogP contribution in [0.5, 0.6) is 5.75 Å². The Hall–Kier alpha value is -1.10. The third-order valence-corrected chi connectivity index (χ3v) is 7.74. The number of rotatable bonds is 2. The van der Waals surface area contributed by atoms with Crippen molar-refractivity contribution in [3.63, 3.8) is 0 Å². The van der Waals surface area contributed by atoms with Crippen molar-refractivity contribution in [2.24, 2.45) is 5.41 Å². The van der Waals surface area contributed by atoms with Crippen molar-refractivity contribution in [2.45, 2.75) is 17.4 Å². The van der Waals surface area contributed by atoms with Crippen molar-refractivity contribution in [3.8, 4) is 5.75 Å². The number of hydrogen-bond acceptors (Lipinski definition) is 6. The number of aromatic nitrogens is 1. The number of esters is 1. The molecule has 1 aromatic carbocycles. The van der Waals surface area contributed by atoms with Gasteiger partial charge in [-0.2, -0.15) is 0 Å². The molecule has 2 aliphatic rings. The number of aliphatic carboxylic acids is 1.